The van der Waals surface area contributed by atoms with Crippen molar-refractivity contribution in [2.24, 2.45) is 0 Å². The number of likely N-dealkylation sites (N-methyl/N-ethyl adjacent to an activating group) is 1. The summed E-state index contributed by atoms with van der Waals surface area (Å²) in [5, 5.41) is 3.07. The summed E-state index contributed by atoms with van der Waals surface area (Å²) in [6, 6.07) is 6.19. The molecule has 1 atom stereocenters. The fourth-order valence-electron chi connectivity index (χ4n) is 3.17. The van der Waals surface area contributed by atoms with Crippen molar-refractivity contribution in [2.75, 3.05) is 38.6 Å². The lowest BCUT2D eigenvalue weighted by Gasteiger charge is -2.25. The first-order valence-electron chi connectivity index (χ1n) is 8.93. The molecule has 1 saturated heterocycles. The molecule has 1 aliphatic heterocycles. The van der Waals surface area contributed by atoms with Crippen LogP contribution in [0.3, 0.4) is 0 Å². The molecule has 1 aromatic heterocycles. The Balaban J connectivity index is 1.73. The molecule has 1 N–H and O–H groups in total. The predicted octanol–water partition coefficient (Wildman–Crippen LogP) is 2.90. The van der Waals surface area contributed by atoms with Crippen molar-refractivity contribution < 1.29 is 9.18 Å². The summed E-state index contributed by atoms with van der Waals surface area (Å²) in [6.45, 7) is 2.06. The SMILES string of the molecule is CN(C)[C@H](CNC(=O)c1nc(N2CCCC2)ncc1Cl)c1cccc(F)c1. The quantitative estimate of drug-likeness (QED) is 0.820. The Labute approximate surface area is 163 Å². The predicted molar refractivity (Wildman–Crippen MR) is 104 cm³/mol. The van der Waals surface area contributed by atoms with Crippen molar-refractivity contribution in [3.8, 4) is 0 Å². The van der Waals surface area contributed by atoms with Crippen LogP contribution in [0.4, 0.5) is 10.3 Å². The van der Waals surface area contributed by atoms with E-state index in [9.17, 15) is 9.18 Å². The average Bonchev–Trinajstić information content (AvgIpc) is 3.16. The molecule has 1 amide bonds. The smallest absolute Gasteiger partial charge is 0.271 e. The lowest BCUT2D eigenvalue weighted by Crippen LogP contribution is -2.35. The van der Waals surface area contributed by atoms with Gasteiger partial charge in [-0.1, -0.05) is 23.7 Å². The Morgan fingerprint density at radius 3 is 2.78 bits per heavy atom. The van der Waals surface area contributed by atoms with E-state index in [1.807, 2.05) is 30.0 Å². The summed E-state index contributed by atoms with van der Waals surface area (Å²) in [5.41, 5.74) is 0.942. The molecular formula is C19H23ClFN5O. The number of nitrogens with zero attached hydrogens (tertiary/aromatic N) is 4. The first-order chi connectivity index (χ1) is 13.0. The highest BCUT2D eigenvalue weighted by Crippen LogP contribution is 2.21. The normalized spacial score (nSPS) is 15.2. The van der Waals surface area contributed by atoms with E-state index in [0.29, 0.717) is 12.5 Å². The molecule has 1 fully saturated rings. The third-order valence-corrected chi connectivity index (χ3v) is 4.92. The van der Waals surface area contributed by atoms with Crippen molar-refractivity contribution in [3.63, 3.8) is 0 Å². The van der Waals surface area contributed by atoms with Crippen molar-refractivity contribution in [3.05, 3.63) is 52.6 Å². The van der Waals surface area contributed by atoms with E-state index in [4.69, 9.17) is 11.6 Å². The fourth-order valence-corrected chi connectivity index (χ4v) is 3.35. The van der Waals surface area contributed by atoms with E-state index < -0.39 is 0 Å². The molecule has 0 radical (unpaired) electrons. The maximum absolute atomic E-state index is 13.6. The Morgan fingerprint density at radius 1 is 1.37 bits per heavy atom. The van der Waals surface area contributed by atoms with E-state index in [2.05, 4.69) is 15.3 Å². The number of anilines is 1. The number of halogens is 2. The van der Waals surface area contributed by atoms with Crippen LogP contribution in [0.15, 0.2) is 30.5 Å². The second-order valence-electron chi connectivity index (χ2n) is 6.81. The van der Waals surface area contributed by atoms with Gasteiger partial charge in [0, 0.05) is 19.6 Å². The zero-order chi connectivity index (χ0) is 19.4. The monoisotopic (exact) mass is 391 g/mol. The molecule has 1 aromatic carbocycles. The van der Waals surface area contributed by atoms with Crippen molar-refractivity contribution in [2.45, 2.75) is 18.9 Å². The van der Waals surface area contributed by atoms with Gasteiger partial charge < -0.3 is 15.1 Å². The first-order valence-corrected chi connectivity index (χ1v) is 9.31. The summed E-state index contributed by atoms with van der Waals surface area (Å²) in [4.78, 5) is 25.2. The molecular weight excluding hydrogens is 369 g/mol. The minimum atomic E-state index is -0.369. The van der Waals surface area contributed by atoms with Crippen LogP contribution >= 0.6 is 11.6 Å². The largest absolute Gasteiger partial charge is 0.349 e. The van der Waals surface area contributed by atoms with Crippen LogP contribution in [0, 0.1) is 5.82 Å². The molecule has 0 bridgehead atoms. The third-order valence-electron chi connectivity index (χ3n) is 4.65. The summed E-state index contributed by atoms with van der Waals surface area (Å²) in [7, 11) is 3.76. The number of carbonyl (C=O) groups excluding carboxylic acids is 1. The second-order valence-corrected chi connectivity index (χ2v) is 7.21. The highest BCUT2D eigenvalue weighted by Gasteiger charge is 2.21. The fraction of sp³-hybridized carbons (Fsp3) is 0.421. The van der Waals surface area contributed by atoms with Crippen LogP contribution in [-0.4, -0.2) is 54.5 Å². The standard InChI is InChI=1S/C19H23ClFN5O/c1-25(2)16(13-6-5-7-14(21)10-13)12-22-18(27)17-15(20)11-23-19(24-17)26-8-3-4-9-26/h5-7,10-11,16H,3-4,8-9,12H2,1-2H3,(H,22,27)/t16-/m1/s1. The van der Waals surface area contributed by atoms with Crippen molar-refractivity contribution in [1.82, 2.24) is 20.2 Å². The molecule has 2 heterocycles. The van der Waals surface area contributed by atoms with Gasteiger partial charge in [0.05, 0.1) is 17.3 Å². The van der Waals surface area contributed by atoms with Gasteiger partial charge in [-0.15, -0.1) is 0 Å². The molecule has 6 nitrogen and oxygen atoms in total. The van der Waals surface area contributed by atoms with Crippen LogP contribution < -0.4 is 10.2 Å². The topological polar surface area (TPSA) is 61.4 Å². The number of aromatic nitrogens is 2. The number of hydrogen-bond acceptors (Lipinski definition) is 5. The van der Waals surface area contributed by atoms with E-state index in [1.165, 1.54) is 18.3 Å². The Morgan fingerprint density at radius 2 is 2.11 bits per heavy atom. The maximum atomic E-state index is 13.6. The van der Waals surface area contributed by atoms with Crippen LogP contribution in [0.25, 0.3) is 0 Å². The number of rotatable bonds is 6. The molecule has 0 aliphatic carbocycles. The highest BCUT2D eigenvalue weighted by atomic mass is 35.5. The Bertz CT molecular complexity index is 810. The van der Waals surface area contributed by atoms with Gasteiger partial charge >= 0.3 is 0 Å². The summed E-state index contributed by atoms with van der Waals surface area (Å²) in [6.07, 6.45) is 3.64. The van der Waals surface area contributed by atoms with Gasteiger partial charge in [0.15, 0.2) is 5.69 Å². The number of amides is 1. The van der Waals surface area contributed by atoms with Gasteiger partial charge in [-0.25, -0.2) is 14.4 Å². The van der Waals surface area contributed by atoms with E-state index >= 15 is 0 Å². The average molecular weight is 392 g/mol. The Hall–Kier alpha value is -2.25. The van der Waals surface area contributed by atoms with Gasteiger partial charge in [0.25, 0.3) is 5.91 Å². The van der Waals surface area contributed by atoms with Crippen LogP contribution in [0.5, 0.6) is 0 Å². The Kier molecular flexibility index (Phi) is 6.23. The molecule has 0 saturated carbocycles. The first kappa shape index (κ1) is 19.5. The molecule has 2 aromatic rings. The van der Waals surface area contributed by atoms with Crippen molar-refractivity contribution >= 4 is 23.5 Å². The van der Waals surface area contributed by atoms with Crippen LogP contribution in [0.2, 0.25) is 5.02 Å². The third kappa shape index (κ3) is 4.73. The van der Waals surface area contributed by atoms with E-state index in [-0.39, 0.29) is 28.5 Å². The van der Waals surface area contributed by atoms with Crippen molar-refractivity contribution in [1.29, 1.82) is 0 Å². The lowest BCUT2D eigenvalue weighted by molar-refractivity contribution is 0.0937. The lowest BCUT2D eigenvalue weighted by atomic mass is 10.1. The van der Waals surface area contributed by atoms with E-state index in [1.54, 1.807) is 6.07 Å². The summed E-state index contributed by atoms with van der Waals surface area (Å²) < 4.78 is 13.6. The van der Waals surface area contributed by atoms with Gasteiger partial charge in [0.1, 0.15) is 5.82 Å². The molecule has 0 unspecified atom stereocenters. The van der Waals surface area contributed by atoms with Crippen LogP contribution in [0.1, 0.15) is 34.9 Å². The highest BCUT2D eigenvalue weighted by molar-refractivity contribution is 6.33. The molecule has 8 heteroatoms. The molecule has 3 rings (SSSR count). The number of benzene rings is 1. The van der Waals surface area contributed by atoms with Gasteiger partial charge in [-0.05, 0) is 44.6 Å². The maximum Gasteiger partial charge on any atom is 0.271 e. The molecule has 0 spiro atoms. The molecule has 27 heavy (non-hydrogen) atoms. The molecule has 144 valence electrons. The molecule has 1 aliphatic rings. The van der Waals surface area contributed by atoms with Gasteiger partial charge in [-0.2, -0.15) is 0 Å². The summed E-state index contributed by atoms with van der Waals surface area (Å²) >= 11 is 6.15. The zero-order valence-electron chi connectivity index (χ0n) is 15.5. The number of nitrogens with one attached hydrogen (secondary N) is 1. The number of carbonyl (C=O) groups is 1. The van der Waals surface area contributed by atoms with E-state index in [0.717, 1.165) is 31.5 Å². The summed E-state index contributed by atoms with van der Waals surface area (Å²) in [5.74, 6) is -0.151. The van der Waals surface area contributed by atoms with Gasteiger partial charge in [-0.3, -0.25) is 4.79 Å². The second kappa shape index (κ2) is 8.63. The van der Waals surface area contributed by atoms with Gasteiger partial charge in [0.2, 0.25) is 5.95 Å². The number of hydrogen-bond donors (Lipinski definition) is 1. The minimum Gasteiger partial charge on any atom is -0.349 e. The minimum absolute atomic E-state index is 0.158. The van der Waals surface area contributed by atoms with Crippen LogP contribution in [-0.2, 0) is 0 Å². The zero-order valence-corrected chi connectivity index (χ0v) is 16.2.